The van der Waals surface area contributed by atoms with Crippen LogP contribution in [0.25, 0.3) is 0 Å². The number of aromatic nitrogens is 2. The second-order valence-corrected chi connectivity index (χ2v) is 6.21. The number of aliphatic hydroxyl groups excluding tert-OH is 1. The summed E-state index contributed by atoms with van der Waals surface area (Å²) in [5.41, 5.74) is 1.76. The average Bonchev–Trinajstić information content (AvgIpc) is 2.98. The van der Waals surface area contributed by atoms with Crippen LogP contribution in [0.4, 0.5) is 5.95 Å². The van der Waals surface area contributed by atoms with Gasteiger partial charge in [-0.3, -0.25) is 4.79 Å². The fourth-order valence-corrected chi connectivity index (χ4v) is 3.08. The Hall–Kier alpha value is -2.47. The molecule has 1 aromatic heterocycles. The Bertz CT molecular complexity index is 705. The summed E-state index contributed by atoms with van der Waals surface area (Å²) in [6.07, 6.45) is 1.07. The van der Waals surface area contributed by atoms with E-state index in [1.54, 1.807) is 19.2 Å². The number of carbonyl (C=O) groups excluding carboxylic acids is 1. The van der Waals surface area contributed by atoms with Gasteiger partial charge in [0, 0.05) is 18.7 Å². The van der Waals surface area contributed by atoms with Gasteiger partial charge in [-0.1, -0.05) is 30.3 Å². The van der Waals surface area contributed by atoms with Crippen molar-refractivity contribution in [2.45, 2.75) is 31.9 Å². The highest BCUT2D eigenvalue weighted by Gasteiger charge is 2.39. The predicted molar refractivity (Wildman–Crippen MR) is 91.4 cm³/mol. The van der Waals surface area contributed by atoms with Crippen molar-refractivity contribution in [3.63, 3.8) is 0 Å². The standard InChI is InChI=1S/C18H22N4O2/c1-11(13-6-4-3-5-7-13)21-18-19-9-8-15(22-18)16-14(12(2)23)10-20-17(16)24/h3-9,11-12,14,16,23H,10H2,1-2H3,(H,20,24)(H,19,21,22)/t11-,12+,14?,16+/m0/s1. The summed E-state index contributed by atoms with van der Waals surface area (Å²) in [6.45, 7) is 4.20. The summed E-state index contributed by atoms with van der Waals surface area (Å²) < 4.78 is 0. The van der Waals surface area contributed by atoms with Gasteiger partial charge in [0.1, 0.15) is 0 Å². The van der Waals surface area contributed by atoms with Gasteiger partial charge in [0.25, 0.3) is 0 Å². The number of aliphatic hydroxyl groups is 1. The van der Waals surface area contributed by atoms with E-state index in [1.165, 1.54) is 0 Å². The van der Waals surface area contributed by atoms with Crippen LogP contribution in [-0.2, 0) is 4.79 Å². The third-order valence-electron chi connectivity index (χ3n) is 4.48. The number of hydrogen-bond donors (Lipinski definition) is 3. The number of nitrogens with one attached hydrogen (secondary N) is 2. The first-order chi connectivity index (χ1) is 11.6. The van der Waals surface area contributed by atoms with Gasteiger partial charge in [-0.25, -0.2) is 9.97 Å². The van der Waals surface area contributed by atoms with Gasteiger partial charge in [0.15, 0.2) is 0 Å². The highest BCUT2D eigenvalue weighted by molar-refractivity contribution is 5.85. The molecule has 0 saturated carbocycles. The molecule has 0 radical (unpaired) electrons. The number of anilines is 1. The molecule has 24 heavy (non-hydrogen) atoms. The van der Waals surface area contributed by atoms with E-state index in [0.29, 0.717) is 18.2 Å². The molecule has 3 N–H and O–H groups in total. The Kier molecular flexibility index (Phi) is 4.76. The summed E-state index contributed by atoms with van der Waals surface area (Å²) >= 11 is 0. The number of amides is 1. The third kappa shape index (κ3) is 3.38. The lowest BCUT2D eigenvalue weighted by Crippen LogP contribution is -2.25. The van der Waals surface area contributed by atoms with Crippen LogP contribution in [0.3, 0.4) is 0 Å². The van der Waals surface area contributed by atoms with Crippen molar-refractivity contribution in [3.8, 4) is 0 Å². The van der Waals surface area contributed by atoms with Crippen molar-refractivity contribution in [2.24, 2.45) is 5.92 Å². The molecule has 6 nitrogen and oxygen atoms in total. The van der Waals surface area contributed by atoms with E-state index in [9.17, 15) is 9.90 Å². The molecule has 2 heterocycles. The zero-order valence-electron chi connectivity index (χ0n) is 13.8. The monoisotopic (exact) mass is 326 g/mol. The van der Waals surface area contributed by atoms with Crippen molar-refractivity contribution in [1.82, 2.24) is 15.3 Å². The fourth-order valence-electron chi connectivity index (χ4n) is 3.08. The third-order valence-corrected chi connectivity index (χ3v) is 4.48. The highest BCUT2D eigenvalue weighted by atomic mass is 16.3. The smallest absolute Gasteiger partial charge is 0.229 e. The number of nitrogens with zero attached hydrogens (tertiary/aromatic N) is 2. The lowest BCUT2D eigenvalue weighted by molar-refractivity contribution is -0.121. The topological polar surface area (TPSA) is 87.1 Å². The largest absolute Gasteiger partial charge is 0.393 e. The molecule has 0 spiro atoms. The van der Waals surface area contributed by atoms with E-state index in [2.05, 4.69) is 20.6 Å². The summed E-state index contributed by atoms with van der Waals surface area (Å²) in [6, 6.07) is 11.8. The zero-order valence-corrected chi connectivity index (χ0v) is 13.8. The van der Waals surface area contributed by atoms with Crippen molar-refractivity contribution in [3.05, 3.63) is 53.9 Å². The second-order valence-electron chi connectivity index (χ2n) is 6.21. The maximum Gasteiger partial charge on any atom is 0.229 e. The van der Waals surface area contributed by atoms with E-state index < -0.39 is 12.0 Å². The Morgan fingerprint density at radius 3 is 2.71 bits per heavy atom. The van der Waals surface area contributed by atoms with Crippen LogP contribution in [0.15, 0.2) is 42.6 Å². The van der Waals surface area contributed by atoms with Crippen molar-refractivity contribution in [1.29, 1.82) is 0 Å². The minimum Gasteiger partial charge on any atom is -0.393 e. The molecule has 1 fully saturated rings. The second kappa shape index (κ2) is 6.97. The lowest BCUT2D eigenvalue weighted by Gasteiger charge is -2.20. The first kappa shape index (κ1) is 16.4. The van der Waals surface area contributed by atoms with Crippen LogP contribution in [0.2, 0.25) is 0 Å². The van der Waals surface area contributed by atoms with Gasteiger partial charge in [-0.15, -0.1) is 0 Å². The molecule has 1 aliphatic heterocycles. The number of hydrogen-bond acceptors (Lipinski definition) is 5. The van der Waals surface area contributed by atoms with Crippen molar-refractivity contribution >= 4 is 11.9 Å². The first-order valence-corrected chi connectivity index (χ1v) is 8.16. The average molecular weight is 326 g/mol. The normalized spacial score (nSPS) is 22.7. The van der Waals surface area contributed by atoms with E-state index in [1.807, 2.05) is 37.3 Å². The quantitative estimate of drug-likeness (QED) is 0.781. The summed E-state index contributed by atoms with van der Waals surface area (Å²) in [5.74, 6) is -0.234. The molecule has 1 aromatic carbocycles. The van der Waals surface area contributed by atoms with Gasteiger partial charge in [-0.2, -0.15) is 0 Å². The summed E-state index contributed by atoms with van der Waals surface area (Å²) in [7, 11) is 0. The first-order valence-electron chi connectivity index (χ1n) is 8.16. The summed E-state index contributed by atoms with van der Waals surface area (Å²) in [4.78, 5) is 20.9. The van der Waals surface area contributed by atoms with Crippen molar-refractivity contribution in [2.75, 3.05) is 11.9 Å². The van der Waals surface area contributed by atoms with Crippen LogP contribution >= 0.6 is 0 Å². The molecule has 0 bridgehead atoms. The molecule has 1 amide bonds. The highest BCUT2D eigenvalue weighted by Crippen LogP contribution is 2.30. The van der Waals surface area contributed by atoms with Crippen molar-refractivity contribution < 1.29 is 9.90 Å². The molecule has 1 saturated heterocycles. The molecule has 1 unspecified atom stereocenters. The molecule has 126 valence electrons. The predicted octanol–water partition coefficient (Wildman–Crippen LogP) is 1.86. The Morgan fingerprint density at radius 2 is 2.00 bits per heavy atom. The maximum absolute atomic E-state index is 12.1. The molecule has 6 heteroatoms. The van der Waals surface area contributed by atoms with Crippen LogP contribution in [0, 0.1) is 5.92 Å². The maximum atomic E-state index is 12.1. The fraction of sp³-hybridized carbons (Fsp3) is 0.389. The molecular weight excluding hydrogens is 304 g/mol. The van der Waals surface area contributed by atoms with E-state index in [0.717, 1.165) is 5.56 Å². The number of rotatable bonds is 5. The molecule has 4 atom stereocenters. The van der Waals surface area contributed by atoms with Gasteiger partial charge in [-0.05, 0) is 25.5 Å². The Morgan fingerprint density at radius 1 is 1.25 bits per heavy atom. The molecule has 3 rings (SSSR count). The Balaban J connectivity index is 1.80. The molecule has 2 aromatic rings. The van der Waals surface area contributed by atoms with E-state index in [4.69, 9.17) is 0 Å². The Labute approximate surface area is 141 Å². The minimum absolute atomic E-state index is 0.0476. The van der Waals surface area contributed by atoms with Crippen LogP contribution < -0.4 is 10.6 Å². The van der Waals surface area contributed by atoms with Crippen LogP contribution in [0.5, 0.6) is 0 Å². The van der Waals surface area contributed by atoms with Gasteiger partial charge < -0.3 is 15.7 Å². The molecule has 0 aliphatic carbocycles. The summed E-state index contributed by atoms with van der Waals surface area (Å²) in [5, 5.41) is 16.0. The molecule has 1 aliphatic rings. The lowest BCUT2D eigenvalue weighted by atomic mass is 9.88. The van der Waals surface area contributed by atoms with E-state index >= 15 is 0 Å². The molecular formula is C18H22N4O2. The van der Waals surface area contributed by atoms with Gasteiger partial charge in [0.05, 0.1) is 23.8 Å². The van der Waals surface area contributed by atoms with Crippen LogP contribution in [-0.4, -0.2) is 33.6 Å². The zero-order chi connectivity index (χ0) is 17.1. The minimum atomic E-state index is -0.580. The van der Waals surface area contributed by atoms with E-state index in [-0.39, 0.29) is 17.9 Å². The SMILES string of the molecule is C[C@H](Nc1nccc([C@@H]2C(=O)NCC2[C@@H](C)O)n1)c1ccccc1. The van der Waals surface area contributed by atoms with Gasteiger partial charge >= 0.3 is 0 Å². The number of benzene rings is 1. The number of carbonyl (C=O) groups is 1. The van der Waals surface area contributed by atoms with Crippen LogP contribution in [0.1, 0.15) is 37.1 Å². The van der Waals surface area contributed by atoms with Gasteiger partial charge in [0.2, 0.25) is 11.9 Å².